The van der Waals surface area contributed by atoms with Crippen LogP contribution in [0.3, 0.4) is 0 Å². The van der Waals surface area contributed by atoms with Crippen LogP contribution >= 0.6 is 0 Å². The highest BCUT2D eigenvalue weighted by Gasteiger charge is 2.19. The quantitative estimate of drug-likeness (QED) is 0.269. The van der Waals surface area contributed by atoms with Gasteiger partial charge in [0.1, 0.15) is 11.3 Å². The van der Waals surface area contributed by atoms with E-state index in [1.165, 1.54) is 7.11 Å². The molecule has 0 aliphatic carbocycles. The maximum absolute atomic E-state index is 10.9. The van der Waals surface area contributed by atoms with Crippen molar-refractivity contribution in [3.05, 3.63) is 35.4 Å². The van der Waals surface area contributed by atoms with Crippen molar-refractivity contribution in [1.82, 2.24) is 0 Å². The highest BCUT2D eigenvalue weighted by molar-refractivity contribution is 6.16. The minimum Gasteiger partial charge on any atom is -0.497 e. The Morgan fingerprint density at radius 2 is 1.82 bits per heavy atom. The molecule has 0 aliphatic rings. The zero-order valence-electron chi connectivity index (χ0n) is 8.91. The molecule has 2 N–H and O–H groups in total. The van der Waals surface area contributed by atoms with Gasteiger partial charge >= 0.3 is 11.9 Å². The predicted molar refractivity (Wildman–Crippen MR) is 57.3 cm³/mol. The standard InChI is InChI=1S/C11H10O6/c1-16-8-4-2-7(3-5-8)6-9(10(12)13)11(14)17-15/h2-6,15H,1H3,(H,12,13). The van der Waals surface area contributed by atoms with Crippen LogP contribution in [0.1, 0.15) is 5.56 Å². The smallest absolute Gasteiger partial charge is 0.380 e. The van der Waals surface area contributed by atoms with Crippen molar-refractivity contribution in [2.75, 3.05) is 7.11 Å². The lowest BCUT2D eigenvalue weighted by Crippen LogP contribution is -2.13. The Kier molecular flexibility index (Phi) is 4.24. The third kappa shape index (κ3) is 3.32. The van der Waals surface area contributed by atoms with Crippen LogP contribution in [0.25, 0.3) is 6.08 Å². The average molecular weight is 238 g/mol. The molecular formula is C11H10O6. The second-order valence-electron chi connectivity index (χ2n) is 3.02. The summed E-state index contributed by atoms with van der Waals surface area (Å²) in [5, 5.41) is 16.9. The lowest BCUT2D eigenvalue weighted by atomic mass is 10.1. The Hall–Kier alpha value is -2.34. The first-order chi connectivity index (χ1) is 8.08. The van der Waals surface area contributed by atoms with E-state index in [2.05, 4.69) is 4.89 Å². The summed E-state index contributed by atoms with van der Waals surface area (Å²) in [5.41, 5.74) is -0.203. The number of methoxy groups -OCH3 is 1. The van der Waals surface area contributed by atoms with E-state index < -0.39 is 17.5 Å². The van der Waals surface area contributed by atoms with Crippen LogP contribution in [0.5, 0.6) is 5.75 Å². The molecule has 0 atom stereocenters. The summed E-state index contributed by atoms with van der Waals surface area (Å²) >= 11 is 0. The number of rotatable bonds is 4. The second-order valence-corrected chi connectivity index (χ2v) is 3.02. The van der Waals surface area contributed by atoms with Gasteiger partial charge in [-0.25, -0.2) is 9.59 Å². The summed E-state index contributed by atoms with van der Waals surface area (Å²) in [6, 6.07) is 6.34. The summed E-state index contributed by atoms with van der Waals surface area (Å²) in [6.07, 6.45) is 1.08. The van der Waals surface area contributed by atoms with Gasteiger partial charge in [-0.15, -0.1) is 0 Å². The van der Waals surface area contributed by atoms with Crippen molar-refractivity contribution in [3.63, 3.8) is 0 Å². The lowest BCUT2D eigenvalue weighted by Gasteiger charge is -2.01. The van der Waals surface area contributed by atoms with Gasteiger partial charge in [-0.05, 0) is 23.8 Å². The van der Waals surface area contributed by atoms with Gasteiger partial charge in [0.2, 0.25) is 0 Å². The number of benzene rings is 1. The summed E-state index contributed by atoms with van der Waals surface area (Å²) < 4.78 is 4.92. The van der Waals surface area contributed by atoms with E-state index >= 15 is 0 Å². The minimum absolute atomic E-state index is 0.466. The fraction of sp³-hybridized carbons (Fsp3) is 0.0909. The first kappa shape index (κ1) is 12.7. The Balaban J connectivity index is 3.04. The number of aliphatic carboxylic acids is 1. The van der Waals surface area contributed by atoms with Crippen molar-refractivity contribution in [3.8, 4) is 5.75 Å². The Bertz CT molecular complexity index is 446. The summed E-state index contributed by atoms with van der Waals surface area (Å²) in [4.78, 5) is 25.0. The second kappa shape index (κ2) is 5.66. The molecule has 0 radical (unpaired) electrons. The van der Waals surface area contributed by atoms with Gasteiger partial charge in [-0.2, -0.15) is 5.26 Å². The first-order valence-corrected chi connectivity index (χ1v) is 4.53. The molecule has 1 rings (SSSR count). The summed E-state index contributed by atoms with van der Waals surface area (Å²) in [7, 11) is 1.50. The highest BCUT2D eigenvalue weighted by Crippen LogP contribution is 2.14. The third-order valence-electron chi connectivity index (χ3n) is 1.96. The van der Waals surface area contributed by atoms with Crippen molar-refractivity contribution >= 4 is 18.0 Å². The van der Waals surface area contributed by atoms with Crippen LogP contribution in [0.15, 0.2) is 29.8 Å². The monoisotopic (exact) mass is 238 g/mol. The number of carbonyl (C=O) groups is 2. The predicted octanol–water partition coefficient (Wildman–Crippen LogP) is 1.18. The SMILES string of the molecule is COc1ccc(C=C(C(=O)O)C(=O)OO)cc1. The molecule has 0 heterocycles. The normalized spacial score (nSPS) is 10.8. The van der Waals surface area contributed by atoms with E-state index in [-0.39, 0.29) is 0 Å². The minimum atomic E-state index is -1.49. The molecule has 0 amide bonds. The van der Waals surface area contributed by atoms with Crippen LogP contribution < -0.4 is 4.74 Å². The van der Waals surface area contributed by atoms with E-state index in [1.54, 1.807) is 24.3 Å². The van der Waals surface area contributed by atoms with Gasteiger partial charge in [-0.1, -0.05) is 12.1 Å². The Morgan fingerprint density at radius 3 is 2.24 bits per heavy atom. The number of hydrogen-bond acceptors (Lipinski definition) is 5. The van der Waals surface area contributed by atoms with Crippen LogP contribution in [0.2, 0.25) is 0 Å². The van der Waals surface area contributed by atoms with Crippen LogP contribution in [-0.4, -0.2) is 29.4 Å². The van der Waals surface area contributed by atoms with Crippen LogP contribution in [0.4, 0.5) is 0 Å². The van der Waals surface area contributed by atoms with Gasteiger partial charge in [0.15, 0.2) is 0 Å². The van der Waals surface area contributed by atoms with Crippen LogP contribution in [-0.2, 0) is 14.5 Å². The fourth-order valence-electron chi connectivity index (χ4n) is 1.12. The molecule has 0 unspecified atom stereocenters. The molecule has 0 bridgehead atoms. The largest absolute Gasteiger partial charge is 0.497 e. The maximum atomic E-state index is 10.9. The van der Waals surface area contributed by atoms with E-state index in [0.29, 0.717) is 11.3 Å². The molecule has 6 nitrogen and oxygen atoms in total. The molecule has 0 aromatic heterocycles. The number of hydrogen-bond donors (Lipinski definition) is 2. The van der Waals surface area contributed by atoms with E-state index in [4.69, 9.17) is 15.1 Å². The average Bonchev–Trinajstić information content (AvgIpc) is 2.35. The van der Waals surface area contributed by atoms with Gasteiger partial charge < -0.3 is 9.84 Å². The molecule has 17 heavy (non-hydrogen) atoms. The summed E-state index contributed by atoms with van der Waals surface area (Å²) in [5.74, 6) is -2.21. The number of ether oxygens (including phenoxy) is 1. The molecule has 0 spiro atoms. The van der Waals surface area contributed by atoms with Crippen molar-refractivity contribution in [1.29, 1.82) is 0 Å². The van der Waals surface area contributed by atoms with Gasteiger partial charge in [-0.3, -0.25) is 4.89 Å². The summed E-state index contributed by atoms with van der Waals surface area (Å²) in [6.45, 7) is 0. The molecule has 0 aliphatic heterocycles. The lowest BCUT2D eigenvalue weighted by molar-refractivity contribution is -0.229. The van der Waals surface area contributed by atoms with Gasteiger partial charge in [0.05, 0.1) is 7.11 Å². The third-order valence-corrected chi connectivity index (χ3v) is 1.96. The molecule has 1 aromatic rings. The van der Waals surface area contributed by atoms with Gasteiger partial charge in [0, 0.05) is 0 Å². The zero-order chi connectivity index (χ0) is 12.8. The van der Waals surface area contributed by atoms with Crippen LogP contribution in [0, 0.1) is 0 Å². The van der Waals surface area contributed by atoms with E-state index in [9.17, 15) is 9.59 Å². The first-order valence-electron chi connectivity index (χ1n) is 4.53. The molecule has 0 saturated heterocycles. The Morgan fingerprint density at radius 1 is 1.24 bits per heavy atom. The van der Waals surface area contributed by atoms with Crippen molar-refractivity contribution in [2.45, 2.75) is 0 Å². The zero-order valence-corrected chi connectivity index (χ0v) is 8.91. The van der Waals surface area contributed by atoms with Crippen molar-refractivity contribution in [2.24, 2.45) is 0 Å². The van der Waals surface area contributed by atoms with Gasteiger partial charge in [0.25, 0.3) is 0 Å². The molecular weight excluding hydrogens is 228 g/mol. The fourth-order valence-corrected chi connectivity index (χ4v) is 1.12. The molecule has 6 heteroatoms. The molecule has 90 valence electrons. The topological polar surface area (TPSA) is 93.1 Å². The molecule has 0 fully saturated rings. The van der Waals surface area contributed by atoms with Crippen molar-refractivity contribution < 1.29 is 29.6 Å². The molecule has 1 aromatic carbocycles. The highest BCUT2D eigenvalue weighted by atomic mass is 17.1. The number of carbonyl (C=O) groups excluding carboxylic acids is 1. The molecule has 0 saturated carbocycles. The van der Waals surface area contributed by atoms with E-state index in [0.717, 1.165) is 6.08 Å². The maximum Gasteiger partial charge on any atom is 0.380 e. The van der Waals surface area contributed by atoms with E-state index in [1.807, 2.05) is 0 Å². The Labute approximate surface area is 96.6 Å². The number of carboxylic acid groups (broad SMARTS) is 1. The number of carboxylic acids is 1.